The van der Waals surface area contributed by atoms with Gasteiger partial charge in [0.25, 0.3) is 0 Å². The molecular weight excluding hydrogens is 298 g/mol. The van der Waals surface area contributed by atoms with Crippen molar-refractivity contribution in [1.29, 1.82) is 0 Å². The Kier molecular flexibility index (Phi) is 5.56. The van der Waals surface area contributed by atoms with Gasteiger partial charge in [0, 0.05) is 31.1 Å². The van der Waals surface area contributed by atoms with Gasteiger partial charge >= 0.3 is 5.69 Å². The maximum absolute atomic E-state index is 11.4. The molecule has 0 aliphatic rings. The highest BCUT2D eigenvalue weighted by Gasteiger charge is 2.23. The minimum atomic E-state index is -0.454. The van der Waals surface area contributed by atoms with E-state index in [-0.39, 0.29) is 11.4 Å². The molecule has 124 valence electrons. The van der Waals surface area contributed by atoms with Crippen LogP contribution in [0.15, 0.2) is 24.5 Å². The Hall–Kier alpha value is -2.57. The van der Waals surface area contributed by atoms with Crippen LogP contribution in [0.2, 0.25) is 0 Å². The quantitative estimate of drug-likeness (QED) is 0.422. The van der Waals surface area contributed by atoms with Gasteiger partial charge in [-0.25, -0.2) is 4.98 Å². The van der Waals surface area contributed by atoms with Crippen LogP contribution in [-0.2, 0) is 7.05 Å². The fourth-order valence-electron chi connectivity index (χ4n) is 2.32. The van der Waals surface area contributed by atoms with Gasteiger partial charge in [-0.15, -0.1) is 0 Å². The van der Waals surface area contributed by atoms with Crippen LogP contribution in [0.25, 0.3) is 11.4 Å². The number of aromatic nitrogens is 2. The van der Waals surface area contributed by atoms with E-state index in [1.807, 2.05) is 7.05 Å². The van der Waals surface area contributed by atoms with E-state index in [0.717, 1.165) is 19.3 Å². The molecule has 0 N–H and O–H groups in total. The smallest absolute Gasteiger partial charge is 0.315 e. The van der Waals surface area contributed by atoms with E-state index >= 15 is 0 Å². The number of hydrogen-bond donors (Lipinski definition) is 0. The average molecular weight is 319 g/mol. The second kappa shape index (κ2) is 7.62. The summed E-state index contributed by atoms with van der Waals surface area (Å²) in [6.07, 6.45) is 6.34. The van der Waals surface area contributed by atoms with Crippen molar-refractivity contribution >= 4 is 5.69 Å². The van der Waals surface area contributed by atoms with Crippen LogP contribution in [0.4, 0.5) is 5.69 Å². The normalized spacial score (nSPS) is 10.6. The van der Waals surface area contributed by atoms with Gasteiger partial charge in [0.1, 0.15) is 5.82 Å². The van der Waals surface area contributed by atoms with E-state index in [4.69, 9.17) is 9.47 Å². The number of benzene rings is 1. The maximum Gasteiger partial charge on any atom is 0.315 e. The molecule has 0 aliphatic heterocycles. The lowest BCUT2D eigenvalue weighted by Crippen LogP contribution is -2.04. The molecule has 0 amide bonds. The van der Waals surface area contributed by atoms with E-state index in [9.17, 15) is 10.1 Å². The number of rotatable bonds is 8. The van der Waals surface area contributed by atoms with Gasteiger partial charge in [0.05, 0.1) is 18.6 Å². The summed E-state index contributed by atoms with van der Waals surface area (Å²) in [6, 6.07) is 3.19. The Labute approximate surface area is 135 Å². The zero-order valence-electron chi connectivity index (χ0n) is 13.6. The summed E-state index contributed by atoms with van der Waals surface area (Å²) in [5, 5.41) is 11.4. The van der Waals surface area contributed by atoms with Crippen LogP contribution in [0.1, 0.15) is 26.2 Å². The molecule has 1 aromatic carbocycles. The minimum absolute atomic E-state index is 0.112. The summed E-state index contributed by atoms with van der Waals surface area (Å²) >= 11 is 0. The molecule has 1 heterocycles. The summed E-state index contributed by atoms with van der Waals surface area (Å²) < 4.78 is 12.7. The van der Waals surface area contributed by atoms with E-state index < -0.39 is 4.92 Å². The van der Waals surface area contributed by atoms with E-state index in [2.05, 4.69) is 11.9 Å². The van der Waals surface area contributed by atoms with Crippen molar-refractivity contribution in [3.05, 3.63) is 34.6 Å². The zero-order chi connectivity index (χ0) is 16.8. The largest absolute Gasteiger partial charge is 0.493 e. The van der Waals surface area contributed by atoms with Gasteiger partial charge in [-0.2, -0.15) is 0 Å². The molecular formula is C16H21N3O4. The Morgan fingerprint density at radius 2 is 2.13 bits per heavy atom. The molecule has 2 aromatic rings. The summed E-state index contributed by atoms with van der Waals surface area (Å²) in [5.74, 6) is 1.14. The molecule has 7 nitrogen and oxygen atoms in total. The Bertz CT molecular complexity index is 682. The predicted molar refractivity (Wildman–Crippen MR) is 86.9 cm³/mol. The second-order valence-electron chi connectivity index (χ2n) is 5.20. The molecule has 0 bridgehead atoms. The molecule has 0 saturated carbocycles. The molecule has 23 heavy (non-hydrogen) atoms. The van der Waals surface area contributed by atoms with Crippen LogP contribution in [0, 0.1) is 10.1 Å². The lowest BCUT2D eigenvalue weighted by molar-refractivity contribution is -0.385. The van der Waals surface area contributed by atoms with Crippen LogP contribution >= 0.6 is 0 Å². The number of nitrogens with zero attached hydrogens (tertiary/aromatic N) is 3. The van der Waals surface area contributed by atoms with Crippen LogP contribution in [0.5, 0.6) is 11.5 Å². The summed E-state index contributed by atoms with van der Waals surface area (Å²) in [4.78, 5) is 15.2. The molecule has 0 unspecified atom stereocenters. The zero-order valence-corrected chi connectivity index (χ0v) is 13.6. The van der Waals surface area contributed by atoms with Gasteiger partial charge in [-0.3, -0.25) is 10.1 Å². The Morgan fingerprint density at radius 1 is 1.35 bits per heavy atom. The first kappa shape index (κ1) is 16.8. The lowest BCUT2D eigenvalue weighted by Gasteiger charge is -2.13. The number of unbranched alkanes of at least 4 members (excludes halogenated alkanes) is 2. The van der Waals surface area contributed by atoms with Crippen molar-refractivity contribution in [2.24, 2.45) is 7.05 Å². The number of hydrogen-bond acceptors (Lipinski definition) is 5. The first-order valence-electron chi connectivity index (χ1n) is 7.55. The van der Waals surface area contributed by atoms with Gasteiger partial charge in [-0.1, -0.05) is 19.8 Å². The average Bonchev–Trinajstić information content (AvgIpc) is 2.97. The molecule has 0 fully saturated rings. The third-order valence-electron chi connectivity index (χ3n) is 3.53. The number of aryl methyl sites for hydroxylation is 1. The van der Waals surface area contributed by atoms with Crippen molar-refractivity contribution in [3.63, 3.8) is 0 Å². The van der Waals surface area contributed by atoms with E-state index in [1.54, 1.807) is 23.0 Å². The first-order valence-corrected chi connectivity index (χ1v) is 7.55. The van der Waals surface area contributed by atoms with Gasteiger partial charge < -0.3 is 14.0 Å². The molecule has 2 rings (SSSR count). The fourth-order valence-corrected chi connectivity index (χ4v) is 2.32. The number of methoxy groups -OCH3 is 1. The van der Waals surface area contributed by atoms with Gasteiger partial charge in [-0.05, 0) is 12.5 Å². The van der Waals surface area contributed by atoms with Crippen molar-refractivity contribution in [3.8, 4) is 22.9 Å². The summed E-state index contributed by atoms with van der Waals surface area (Å²) in [7, 11) is 3.30. The van der Waals surface area contributed by atoms with Gasteiger partial charge in [0.15, 0.2) is 5.75 Å². The monoisotopic (exact) mass is 319 g/mol. The fraction of sp³-hybridized carbons (Fsp3) is 0.438. The standard InChI is InChI=1S/C16H21N3O4/c1-4-5-6-9-23-15-13(19(20)21)10-12(11-14(15)22-3)16-17-7-8-18(16)2/h7-8,10-11H,4-6,9H2,1-3H3. The molecule has 0 radical (unpaired) electrons. The Morgan fingerprint density at radius 3 is 2.70 bits per heavy atom. The van der Waals surface area contributed by atoms with Crippen molar-refractivity contribution in [2.75, 3.05) is 13.7 Å². The van der Waals surface area contributed by atoms with Crippen LogP contribution < -0.4 is 9.47 Å². The van der Waals surface area contributed by atoms with Gasteiger partial charge in [0.2, 0.25) is 5.75 Å². The third kappa shape index (κ3) is 3.80. The molecule has 0 aliphatic carbocycles. The Balaban J connectivity index is 2.41. The van der Waals surface area contributed by atoms with Crippen molar-refractivity contribution < 1.29 is 14.4 Å². The number of imidazole rings is 1. The maximum atomic E-state index is 11.4. The second-order valence-corrected chi connectivity index (χ2v) is 5.20. The van der Waals surface area contributed by atoms with Crippen LogP contribution in [0.3, 0.4) is 0 Å². The topological polar surface area (TPSA) is 79.4 Å². The molecule has 7 heteroatoms. The highest BCUT2D eigenvalue weighted by molar-refractivity contribution is 5.69. The summed E-state index contributed by atoms with van der Waals surface area (Å²) in [5.41, 5.74) is 0.501. The SMILES string of the molecule is CCCCCOc1c(OC)cc(-c2nccn2C)cc1[N+](=O)[O-]. The number of nitro benzene ring substituents is 1. The third-order valence-corrected chi connectivity index (χ3v) is 3.53. The van der Waals surface area contributed by atoms with E-state index in [0.29, 0.717) is 23.7 Å². The van der Waals surface area contributed by atoms with E-state index in [1.165, 1.54) is 13.2 Å². The predicted octanol–water partition coefficient (Wildman–Crippen LogP) is 3.57. The number of ether oxygens (including phenoxy) is 2. The highest BCUT2D eigenvalue weighted by Crippen LogP contribution is 2.40. The molecule has 1 aromatic heterocycles. The molecule has 0 saturated heterocycles. The van der Waals surface area contributed by atoms with Crippen LogP contribution in [-0.4, -0.2) is 28.2 Å². The first-order chi connectivity index (χ1) is 11.1. The molecule has 0 spiro atoms. The summed E-state index contributed by atoms with van der Waals surface area (Å²) in [6.45, 7) is 2.51. The lowest BCUT2D eigenvalue weighted by atomic mass is 10.1. The number of nitro groups is 1. The van der Waals surface area contributed by atoms with Crippen molar-refractivity contribution in [1.82, 2.24) is 9.55 Å². The minimum Gasteiger partial charge on any atom is -0.493 e. The van der Waals surface area contributed by atoms with Crippen molar-refractivity contribution in [2.45, 2.75) is 26.2 Å². The molecule has 0 atom stereocenters. The highest BCUT2D eigenvalue weighted by atomic mass is 16.6.